The molecule has 2 heterocycles. The maximum Gasteiger partial charge on any atom is 0.0991 e. The zero-order chi connectivity index (χ0) is 13.3. The monoisotopic (exact) mass is 306 g/mol. The molecule has 0 aromatic carbocycles. The molecule has 0 bridgehead atoms. The number of likely N-dealkylation sites (tertiary alicyclic amines) is 1. The third-order valence-corrected chi connectivity index (χ3v) is 5.46. The van der Waals surface area contributed by atoms with E-state index in [1.165, 1.54) is 30.6 Å². The van der Waals surface area contributed by atoms with E-state index in [2.05, 4.69) is 18.7 Å². The topological polar surface area (TPSA) is 29.3 Å². The van der Waals surface area contributed by atoms with Crippen LogP contribution in [-0.4, -0.2) is 23.5 Å². The van der Waals surface area contributed by atoms with Crippen molar-refractivity contribution in [3.63, 3.8) is 0 Å². The molecule has 0 radical (unpaired) electrons. The summed E-state index contributed by atoms with van der Waals surface area (Å²) in [6.45, 7) is 5.19. The van der Waals surface area contributed by atoms with Crippen molar-refractivity contribution in [2.45, 2.75) is 51.2 Å². The van der Waals surface area contributed by atoms with Crippen LogP contribution >= 0.6 is 34.5 Å². The molecule has 102 valence electrons. The van der Waals surface area contributed by atoms with Crippen molar-refractivity contribution in [1.29, 1.82) is 0 Å². The predicted octanol–water partition coefficient (Wildman–Crippen LogP) is 4.32. The lowest BCUT2D eigenvalue weighted by molar-refractivity contribution is 0.0572. The van der Waals surface area contributed by atoms with Crippen molar-refractivity contribution in [2.24, 2.45) is 5.73 Å². The van der Waals surface area contributed by atoms with Crippen LogP contribution in [0.5, 0.6) is 0 Å². The first-order chi connectivity index (χ1) is 8.54. The highest BCUT2D eigenvalue weighted by molar-refractivity contribution is 7.20. The summed E-state index contributed by atoms with van der Waals surface area (Å²) < 4.78 is 1.57. The SMILES string of the molecule is CC1CCCC(CN)N1C(C)c1cc(Cl)sc1Cl. The molecule has 1 aromatic rings. The third-order valence-electron chi connectivity index (χ3n) is 3.94. The molecule has 1 fully saturated rings. The average Bonchev–Trinajstić information content (AvgIpc) is 2.67. The molecule has 1 aromatic heterocycles. The molecule has 0 amide bonds. The normalized spacial score (nSPS) is 27.4. The molecule has 1 aliphatic heterocycles. The van der Waals surface area contributed by atoms with Gasteiger partial charge in [0, 0.05) is 30.2 Å². The molecule has 1 aliphatic rings. The molecule has 3 atom stereocenters. The van der Waals surface area contributed by atoms with Gasteiger partial charge in [-0.25, -0.2) is 0 Å². The Morgan fingerprint density at radius 3 is 2.78 bits per heavy atom. The minimum absolute atomic E-state index is 0.282. The number of hydrogen-bond donors (Lipinski definition) is 1. The van der Waals surface area contributed by atoms with Gasteiger partial charge in [-0.15, -0.1) is 11.3 Å². The van der Waals surface area contributed by atoms with Gasteiger partial charge in [-0.3, -0.25) is 4.90 Å². The Hall–Kier alpha value is 0.200. The van der Waals surface area contributed by atoms with E-state index < -0.39 is 0 Å². The summed E-state index contributed by atoms with van der Waals surface area (Å²) in [6, 6.07) is 3.29. The molecule has 18 heavy (non-hydrogen) atoms. The fraction of sp³-hybridized carbons (Fsp3) is 0.692. The molecule has 3 unspecified atom stereocenters. The van der Waals surface area contributed by atoms with Crippen LogP contribution in [0.3, 0.4) is 0 Å². The van der Waals surface area contributed by atoms with Crippen molar-refractivity contribution >= 4 is 34.5 Å². The highest BCUT2D eigenvalue weighted by Crippen LogP contribution is 2.40. The first kappa shape index (κ1) is 14.6. The van der Waals surface area contributed by atoms with Gasteiger partial charge in [0.05, 0.1) is 8.67 Å². The number of hydrogen-bond acceptors (Lipinski definition) is 3. The number of nitrogens with two attached hydrogens (primary N) is 1. The van der Waals surface area contributed by atoms with Gasteiger partial charge in [0.15, 0.2) is 0 Å². The summed E-state index contributed by atoms with van der Waals surface area (Å²) in [7, 11) is 0. The highest BCUT2D eigenvalue weighted by Gasteiger charge is 2.32. The van der Waals surface area contributed by atoms with Crippen LogP contribution in [-0.2, 0) is 0 Å². The summed E-state index contributed by atoms with van der Waals surface area (Å²) in [6.07, 6.45) is 3.68. The second-order valence-corrected chi connectivity index (χ2v) is 7.36. The molecular formula is C13H20Cl2N2S. The molecule has 2 rings (SSSR count). The summed E-state index contributed by atoms with van der Waals surface area (Å²) in [5, 5.41) is 0. The zero-order valence-electron chi connectivity index (χ0n) is 10.8. The number of rotatable bonds is 3. The molecule has 0 spiro atoms. The lowest BCUT2D eigenvalue weighted by Crippen LogP contribution is -2.49. The number of halogens is 2. The minimum Gasteiger partial charge on any atom is -0.329 e. The smallest absolute Gasteiger partial charge is 0.0991 e. The average molecular weight is 307 g/mol. The summed E-state index contributed by atoms with van der Waals surface area (Å²) >= 11 is 13.8. The van der Waals surface area contributed by atoms with Gasteiger partial charge in [0.25, 0.3) is 0 Å². The summed E-state index contributed by atoms with van der Waals surface area (Å²) in [4.78, 5) is 2.51. The van der Waals surface area contributed by atoms with Crippen molar-refractivity contribution < 1.29 is 0 Å². The van der Waals surface area contributed by atoms with Crippen LogP contribution in [0.15, 0.2) is 6.07 Å². The number of nitrogens with zero attached hydrogens (tertiary/aromatic N) is 1. The molecule has 0 aliphatic carbocycles. The fourth-order valence-electron chi connectivity index (χ4n) is 3.04. The third kappa shape index (κ3) is 2.86. The largest absolute Gasteiger partial charge is 0.329 e. The van der Waals surface area contributed by atoms with Crippen molar-refractivity contribution in [3.05, 3.63) is 20.3 Å². The number of piperidine rings is 1. The highest BCUT2D eigenvalue weighted by atomic mass is 35.5. The first-order valence-electron chi connectivity index (χ1n) is 6.46. The van der Waals surface area contributed by atoms with Gasteiger partial charge in [-0.1, -0.05) is 29.6 Å². The Balaban J connectivity index is 2.24. The molecule has 2 nitrogen and oxygen atoms in total. The Labute approximate surface area is 123 Å². The van der Waals surface area contributed by atoms with E-state index in [4.69, 9.17) is 28.9 Å². The van der Waals surface area contributed by atoms with E-state index in [1.54, 1.807) is 0 Å². The molecule has 2 N–H and O–H groups in total. The number of thiophene rings is 1. The van der Waals surface area contributed by atoms with Gasteiger partial charge in [-0.05, 0) is 32.8 Å². The van der Waals surface area contributed by atoms with Crippen LogP contribution in [0.4, 0.5) is 0 Å². The molecule has 0 saturated carbocycles. The maximum atomic E-state index is 6.27. The standard InChI is InChI=1S/C13H20Cl2N2S/c1-8-4-3-5-10(7-16)17(8)9(2)11-6-12(14)18-13(11)15/h6,8-10H,3-5,7,16H2,1-2H3. The van der Waals surface area contributed by atoms with E-state index in [0.29, 0.717) is 18.6 Å². The second-order valence-electron chi connectivity index (χ2n) is 5.07. The Morgan fingerprint density at radius 1 is 1.50 bits per heavy atom. The Morgan fingerprint density at radius 2 is 2.22 bits per heavy atom. The van der Waals surface area contributed by atoms with E-state index in [-0.39, 0.29) is 6.04 Å². The van der Waals surface area contributed by atoms with Crippen LogP contribution in [0.2, 0.25) is 8.67 Å². The zero-order valence-corrected chi connectivity index (χ0v) is 13.2. The van der Waals surface area contributed by atoms with Gasteiger partial charge in [0.1, 0.15) is 0 Å². The first-order valence-corrected chi connectivity index (χ1v) is 8.04. The lowest BCUT2D eigenvalue weighted by atomic mass is 9.93. The van der Waals surface area contributed by atoms with Crippen LogP contribution in [0.25, 0.3) is 0 Å². The lowest BCUT2D eigenvalue weighted by Gasteiger charge is -2.44. The van der Waals surface area contributed by atoms with Crippen LogP contribution < -0.4 is 5.73 Å². The van der Waals surface area contributed by atoms with E-state index >= 15 is 0 Å². The van der Waals surface area contributed by atoms with Gasteiger partial charge < -0.3 is 5.73 Å². The Bertz CT molecular complexity index is 408. The second kappa shape index (κ2) is 6.10. The quantitative estimate of drug-likeness (QED) is 0.901. The summed E-state index contributed by atoms with van der Waals surface area (Å²) in [5.41, 5.74) is 7.05. The molecule has 5 heteroatoms. The van der Waals surface area contributed by atoms with Crippen LogP contribution in [0, 0.1) is 0 Å². The van der Waals surface area contributed by atoms with Crippen molar-refractivity contribution in [3.8, 4) is 0 Å². The predicted molar refractivity (Wildman–Crippen MR) is 80.7 cm³/mol. The fourth-order valence-corrected chi connectivity index (χ4v) is 4.68. The molecule has 1 saturated heterocycles. The molecular weight excluding hydrogens is 287 g/mol. The Kier molecular flexibility index (Phi) is 4.95. The van der Waals surface area contributed by atoms with Gasteiger partial charge >= 0.3 is 0 Å². The maximum absolute atomic E-state index is 6.27. The summed E-state index contributed by atoms with van der Waals surface area (Å²) in [5.74, 6) is 0. The van der Waals surface area contributed by atoms with E-state index in [1.807, 2.05) is 6.07 Å². The van der Waals surface area contributed by atoms with Crippen LogP contribution in [0.1, 0.15) is 44.7 Å². The van der Waals surface area contributed by atoms with Crippen molar-refractivity contribution in [2.75, 3.05) is 6.54 Å². The van der Waals surface area contributed by atoms with Gasteiger partial charge in [0.2, 0.25) is 0 Å². The van der Waals surface area contributed by atoms with Crippen molar-refractivity contribution in [1.82, 2.24) is 4.90 Å². The van der Waals surface area contributed by atoms with Gasteiger partial charge in [-0.2, -0.15) is 0 Å². The van der Waals surface area contributed by atoms with E-state index in [0.717, 1.165) is 14.2 Å². The van der Waals surface area contributed by atoms with E-state index in [9.17, 15) is 0 Å². The minimum atomic E-state index is 0.282.